The van der Waals surface area contributed by atoms with Crippen molar-refractivity contribution in [2.24, 2.45) is 0 Å². The van der Waals surface area contributed by atoms with E-state index in [-0.39, 0.29) is 12.2 Å². The van der Waals surface area contributed by atoms with Crippen LogP contribution in [0.3, 0.4) is 0 Å². The molecule has 2 aromatic heterocycles. The highest BCUT2D eigenvalue weighted by Crippen LogP contribution is 2.26. The minimum atomic E-state index is -0.525. The van der Waals surface area contributed by atoms with Crippen molar-refractivity contribution in [1.29, 1.82) is 0 Å². The van der Waals surface area contributed by atoms with E-state index in [9.17, 15) is 4.79 Å². The second kappa shape index (κ2) is 10.9. The van der Waals surface area contributed by atoms with Gasteiger partial charge in [0, 0.05) is 45.1 Å². The molecule has 1 aliphatic rings. The van der Waals surface area contributed by atoms with Gasteiger partial charge in [0.15, 0.2) is 0 Å². The summed E-state index contributed by atoms with van der Waals surface area (Å²) in [5.41, 5.74) is 1.83. The molecule has 0 saturated carbocycles. The third kappa shape index (κ3) is 5.88. The number of anilines is 2. The summed E-state index contributed by atoms with van der Waals surface area (Å²) < 4.78 is 10.7. The van der Waals surface area contributed by atoms with Crippen LogP contribution in [-0.2, 0) is 17.9 Å². The van der Waals surface area contributed by atoms with E-state index in [4.69, 9.17) is 21.1 Å². The van der Waals surface area contributed by atoms with E-state index < -0.39 is 5.97 Å². The number of pyridine rings is 1. The monoisotopic (exact) mass is 468 g/mol. The van der Waals surface area contributed by atoms with E-state index in [1.165, 1.54) is 6.20 Å². The van der Waals surface area contributed by atoms with E-state index in [0.717, 1.165) is 31.7 Å². The average Bonchev–Trinajstić information content (AvgIpc) is 2.87. The van der Waals surface area contributed by atoms with Crippen LogP contribution < -0.4 is 20.3 Å². The molecule has 10 heteroatoms. The van der Waals surface area contributed by atoms with Crippen LogP contribution in [0.15, 0.2) is 48.8 Å². The highest BCUT2D eigenvalue weighted by molar-refractivity contribution is 6.32. The Morgan fingerprint density at radius 1 is 1.21 bits per heavy atom. The molecule has 4 rings (SSSR count). The minimum absolute atomic E-state index is 0.0622. The Kier molecular flexibility index (Phi) is 7.54. The Morgan fingerprint density at radius 2 is 2.06 bits per heavy atom. The first-order valence-corrected chi connectivity index (χ1v) is 11.0. The number of esters is 1. The van der Waals surface area contributed by atoms with Crippen molar-refractivity contribution in [3.05, 3.63) is 70.6 Å². The molecule has 0 unspecified atom stereocenters. The number of halogens is 1. The largest absolute Gasteiger partial charge is 0.495 e. The molecule has 0 radical (unpaired) electrons. The molecule has 0 amide bonds. The van der Waals surface area contributed by atoms with Crippen LogP contribution in [0, 0.1) is 0 Å². The maximum atomic E-state index is 12.8. The van der Waals surface area contributed by atoms with E-state index in [0.29, 0.717) is 34.8 Å². The Morgan fingerprint density at radius 3 is 2.79 bits per heavy atom. The zero-order chi connectivity index (χ0) is 23.0. The Labute approximate surface area is 197 Å². The van der Waals surface area contributed by atoms with Gasteiger partial charge < -0.3 is 25.0 Å². The number of aromatic nitrogens is 3. The van der Waals surface area contributed by atoms with Crippen molar-refractivity contribution in [2.75, 3.05) is 43.5 Å². The fourth-order valence-electron chi connectivity index (χ4n) is 3.38. The van der Waals surface area contributed by atoms with Crippen molar-refractivity contribution in [2.45, 2.75) is 13.2 Å². The smallest absolute Gasteiger partial charge is 0.343 e. The molecule has 0 aliphatic carbocycles. The Hall–Kier alpha value is -3.43. The molecular weight excluding hydrogens is 444 g/mol. The van der Waals surface area contributed by atoms with E-state index >= 15 is 0 Å². The topological polar surface area (TPSA) is 102 Å². The number of rotatable bonds is 8. The standard InChI is InChI=1S/C23H25ClN6O3/c1-32-20-6-5-16(12-19(20)24)13-27-21-18(22(31)33-15-17-4-2-3-7-26-17)14-28-23(29-21)30-10-8-25-9-11-30/h2-7,12,14,25H,8-11,13,15H2,1H3,(H,27,28,29). The van der Waals surface area contributed by atoms with Crippen LogP contribution in [0.25, 0.3) is 0 Å². The van der Waals surface area contributed by atoms with E-state index in [2.05, 4.69) is 30.5 Å². The number of nitrogens with zero attached hydrogens (tertiary/aromatic N) is 4. The summed E-state index contributed by atoms with van der Waals surface area (Å²) in [6.45, 7) is 3.75. The zero-order valence-electron chi connectivity index (χ0n) is 18.3. The van der Waals surface area contributed by atoms with Gasteiger partial charge in [-0.2, -0.15) is 4.98 Å². The Balaban J connectivity index is 1.54. The molecular formula is C23H25ClN6O3. The zero-order valence-corrected chi connectivity index (χ0v) is 19.0. The first-order valence-electron chi connectivity index (χ1n) is 10.6. The number of hydrogen-bond donors (Lipinski definition) is 2. The molecule has 1 fully saturated rings. The fourth-order valence-corrected chi connectivity index (χ4v) is 3.66. The Bertz CT molecular complexity index is 1090. The minimum Gasteiger partial charge on any atom is -0.495 e. The summed E-state index contributed by atoms with van der Waals surface area (Å²) in [5.74, 6) is 1.04. The summed E-state index contributed by atoms with van der Waals surface area (Å²) in [4.78, 5) is 28.2. The SMILES string of the molecule is COc1ccc(CNc2nc(N3CCNCC3)ncc2C(=O)OCc2ccccn2)cc1Cl. The van der Waals surface area contributed by atoms with Gasteiger partial charge in [0.2, 0.25) is 5.95 Å². The van der Waals surface area contributed by atoms with Crippen LogP contribution in [0.4, 0.5) is 11.8 Å². The summed E-state index contributed by atoms with van der Waals surface area (Å²) in [6, 6.07) is 11.0. The quantitative estimate of drug-likeness (QED) is 0.483. The van der Waals surface area contributed by atoms with Crippen molar-refractivity contribution < 1.29 is 14.3 Å². The summed E-state index contributed by atoms with van der Waals surface area (Å²) in [5, 5.41) is 7.06. The third-order valence-corrected chi connectivity index (χ3v) is 5.44. The van der Waals surface area contributed by atoms with Gasteiger partial charge in [0.05, 0.1) is 17.8 Å². The maximum Gasteiger partial charge on any atom is 0.343 e. The fraction of sp³-hybridized carbons (Fsp3) is 0.304. The molecule has 33 heavy (non-hydrogen) atoms. The van der Waals surface area contributed by atoms with Gasteiger partial charge in [-0.25, -0.2) is 9.78 Å². The molecule has 1 saturated heterocycles. The lowest BCUT2D eigenvalue weighted by atomic mass is 10.2. The lowest BCUT2D eigenvalue weighted by Gasteiger charge is -2.27. The van der Waals surface area contributed by atoms with Crippen LogP contribution in [0.5, 0.6) is 5.75 Å². The molecule has 1 aliphatic heterocycles. The second-order valence-electron chi connectivity index (χ2n) is 7.39. The predicted octanol–water partition coefficient (Wildman–Crippen LogP) is 2.91. The molecule has 0 spiro atoms. The van der Waals surface area contributed by atoms with Crippen LogP contribution >= 0.6 is 11.6 Å². The van der Waals surface area contributed by atoms with E-state index in [1.54, 1.807) is 31.5 Å². The van der Waals surface area contributed by atoms with Crippen molar-refractivity contribution in [3.8, 4) is 5.75 Å². The van der Waals surface area contributed by atoms with Crippen LogP contribution in [0.1, 0.15) is 21.6 Å². The number of nitrogens with one attached hydrogen (secondary N) is 2. The van der Waals surface area contributed by atoms with Gasteiger partial charge in [-0.05, 0) is 29.8 Å². The number of piperazine rings is 1. The second-order valence-corrected chi connectivity index (χ2v) is 7.80. The highest BCUT2D eigenvalue weighted by atomic mass is 35.5. The first kappa shape index (κ1) is 22.8. The molecule has 9 nitrogen and oxygen atoms in total. The predicted molar refractivity (Wildman–Crippen MR) is 126 cm³/mol. The summed E-state index contributed by atoms with van der Waals surface area (Å²) in [7, 11) is 1.57. The highest BCUT2D eigenvalue weighted by Gasteiger charge is 2.20. The van der Waals surface area contributed by atoms with Gasteiger partial charge in [0.25, 0.3) is 0 Å². The van der Waals surface area contributed by atoms with Crippen molar-refractivity contribution in [3.63, 3.8) is 0 Å². The van der Waals surface area contributed by atoms with Crippen LogP contribution in [-0.4, -0.2) is 54.2 Å². The first-order chi connectivity index (χ1) is 16.1. The van der Waals surface area contributed by atoms with Gasteiger partial charge in [-0.1, -0.05) is 23.7 Å². The lowest BCUT2D eigenvalue weighted by Crippen LogP contribution is -2.44. The maximum absolute atomic E-state index is 12.8. The van der Waals surface area contributed by atoms with Gasteiger partial charge in [-0.15, -0.1) is 0 Å². The number of carbonyl (C=O) groups is 1. The molecule has 0 atom stereocenters. The van der Waals surface area contributed by atoms with Gasteiger partial charge in [0.1, 0.15) is 23.7 Å². The van der Waals surface area contributed by atoms with Crippen molar-refractivity contribution >= 4 is 29.3 Å². The molecule has 1 aromatic carbocycles. The summed E-state index contributed by atoms with van der Waals surface area (Å²) >= 11 is 6.25. The number of ether oxygens (including phenoxy) is 2. The summed E-state index contributed by atoms with van der Waals surface area (Å²) in [6.07, 6.45) is 3.16. The normalized spacial score (nSPS) is 13.5. The third-order valence-electron chi connectivity index (χ3n) is 5.15. The number of carbonyl (C=O) groups excluding carboxylic acids is 1. The number of hydrogen-bond acceptors (Lipinski definition) is 9. The average molecular weight is 469 g/mol. The molecule has 0 bridgehead atoms. The molecule has 3 aromatic rings. The van der Waals surface area contributed by atoms with Crippen molar-refractivity contribution in [1.82, 2.24) is 20.3 Å². The van der Waals surface area contributed by atoms with Gasteiger partial charge >= 0.3 is 5.97 Å². The van der Waals surface area contributed by atoms with Gasteiger partial charge in [-0.3, -0.25) is 4.98 Å². The molecule has 3 heterocycles. The number of benzene rings is 1. The van der Waals surface area contributed by atoms with Crippen LogP contribution in [0.2, 0.25) is 5.02 Å². The number of methoxy groups -OCH3 is 1. The molecule has 172 valence electrons. The lowest BCUT2D eigenvalue weighted by molar-refractivity contribution is 0.0468. The molecule has 2 N–H and O–H groups in total. The van der Waals surface area contributed by atoms with E-state index in [1.807, 2.05) is 18.2 Å².